The molecule has 5 nitrogen and oxygen atoms in total. The van der Waals surface area contributed by atoms with E-state index in [1.165, 1.54) is 0 Å². The lowest BCUT2D eigenvalue weighted by atomic mass is 9.95. The minimum atomic E-state index is -0.154. The second-order valence-corrected chi connectivity index (χ2v) is 8.20. The van der Waals surface area contributed by atoms with Gasteiger partial charge in [-0.25, -0.2) is 4.79 Å². The molecule has 2 unspecified atom stereocenters. The summed E-state index contributed by atoms with van der Waals surface area (Å²) in [4.78, 5) is 16.4. The van der Waals surface area contributed by atoms with Crippen LogP contribution in [-0.4, -0.2) is 52.8 Å². The monoisotopic (exact) mass is 409 g/mol. The van der Waals surface area contributed by atoms with E-state index < -0.39 is 0 Å². The third kappa shape index (κ3) is 4.66. The van der Waals surface area contributed by atoms with Gasteiger partial charge >= 0.3 is 6.09 Å². The predicted molar refractivity (Wildman–Crippen MR) is 112 cm³/mol. The molecule has 0 spiro atoms. The van der Waals surface area contributed by atoms with Crippen LogP contribution in [0.15, 0.2) is 24.3 Å². The molecule has 148 valence electrons. The van der Waals surface area contributed by atoms with Gasteiger partial charge in [-0.2, -0.15) is 0 Å². The molecule has 1 amide bonds. The molecule has 2 aliphatic heterocycles. The number of nitrogens with one attached hydrogen (secondary N) is 1. The molecule has 2 saturated heterocycles. The average molecular weight is 410 g/mol. The lowest BCUT2D eigenvalue weighted by molar-refractivity contribution is 0.112. The van der Waals surface area contributed by atoms with Crippen molar-refractivity contribution in [3.63, 3.8) is 0 Å². The van der Waals surface area contributed by atoms with E-state index in [1.807, 2.05) is 29.2 Å². The summed E-state index contributed by atoms with van der Waals surface area (Å²) in [6, 6.07) is 8.21. The molecule has 2 heterocycles. The predicted octanol–water partition coefficient (Wildman–Crippen LogP) is 4.05. The van der Waals surface area contributed by atoms with Crippen molar-refractivity contribution in [2.45, 2.75) is 51.7 Å². The lowest BCUT2D eigenvalue weighted by Crippen LogP contribution is -2.52. The Morgan fingerprint density at radius 3 is 2.74 bits per heavy atom. The number of halogens is 1. The Balaban J connectivity index is 1.51. The number of carbonyl (C=O) groups excluding carboxylic acids is 1. The molecule has 3 rings (SSSR count). The Hall–Kier alpha value is -1.53. The highest BCUT2D eigenvalue weighted by Gasteiger charge is 2.41. The largest absolute Gasteiger partial charge is 0.447 e. The van der Waals surface area contributed by atoms with Gasteiger partial charge in [0.2, 0.25) is 0 Å². The summed E-state index contributed by atoms with van der Waals surface area (Å²) in [7, 11) is 0. The van der Waals surface area contributed by atoms with Gasteiger partial charge in [0, 0.05) is 30.7 Å². The number of hydrogen-bond acceptors (Lipinski definition) is 3. The highest BCUT2D eigenvalue weighted by molar-refractivity contribution is 7.80. The standard InChI is InChI=1S/C20H28ClN3O2S/c1-3-14(2)18-13-26-20(25)24(18)16-8-10-23(11-9-16)19(27)22-12-15-6-4-5-7-17(15)21/h4-7,14,16,18H,3,8-13H2,1-2H3,(H,22,27). The van der Waals surface area contributed by atoms with Crippen LogP contribution in [0.4, 0.5) is 4.79 Å². The minimum Gasteiger partial charge on any atom is -0.447 e. The van der Waals surface area contributed by atoms with Crippen LogP contribution < -0.4 is 5.32 Å². The topological polar surface area (TPSA) is 44.8 Å². The zero-order chi connectivity index (χ0) is 19.4. The molecule has 0 radical (unpaired) electrons. The van der Waals surface area contributed by atoms with Crippen molar-refractivity contribution in [3.05, 3.63) is 34.9 Å². The van der Waals surface area contributed by atoms with Crippen molar-refractivity contribution in [3.8, 4) is 0 Å². The van der Waals surface area contributed by atoms with Gasteiger partial charge in [-0.1, -0.05) is 50.1 Å². The molecule has 0 aliphatic carbocycles. The van der Waals surface area contributed by atoms with Crippen LogP contribution in [0.2, 0.25) is 5.02 Å². The number of benzene rings is 1. The van der Waals surface area contributed by atoms with Gasteiger partial charge in [-0.05, 0) is 42.6 Å². The number of hydrogen-bond donors (Lipinski definition) is 1. The van der Waals surface area contributed by atoms with Gasteiger partial charge < -0.3 is 15.0 Å². The number of ether oxygens (including phenoxy) is 1. The first kappa shape index (κ1) is 20.2. The normalized spacial score (nSPS) is 21.9. The summed E-state index contributed by atoms with van der Waals surface area (Å²) in [6.07, 6.45) is 2.72. The third-order valence-corrected chi connectivity index (χ3v) is 6.55. The van der Waals surface area contributed by atoms with Crippen molar-refractivity contribution in [1.82, 2.24) is 15.1 Å². The van der Waals surface area contributed by atoms with E-state index in [0.29, 0.717) is 19.1 Å². The zero-order valence-corrected chi connectivity index (χ0v) is 17.6. The van der Waals surface area contributed by atoms with Crippen LogP contribution in [0, 0.1) is 5.92 Å². The zero-order valence-electron chi connectivity index (χ0n) is 16.0. The number of cyclic esters (lactones) is 1. The van der Waals surface area contributed by atoms with E-state index in [2.05, 4.69) is 24.1 Å². The van der Waals surface area contributed by atoms with Gasteiger partial charge in [-0.15, -0.1) is 0 Å². The van der Waals surface area contributed by atoms with Crippen molar-refractivity contribution in [2.75, 3.05) is 19.7 Å². The molecule has 1 aromatic carbocycles. The second-order valence-electron chi connectivity index (χ2n) is 7.41. The maximum absolute atomic E-state index is 12.3. The van der Waals surface area contributed by atoms with Crippen molar-refractivity contribution in [1.29, 1.82) is 0 Å². The van der Waals surface area contributed by atoms with Crippen molar-refractivity contribution >= 4 is 35.0 Å². The SMILES string of the molecule is CCC(C)C1COC(=O)N1C1CCN(C(=S)NCc2ccccc2Cl)CC1. The molecule has 1 N–H and O–H groups in total. The summed E-state index contributed by atoms with van der Waals surface area (Å²) >= 11 is 11.8. The summed E-state index contributed by atoms with van der Waals surface area (Å²) in [6.45, 7) is 7.19. The van der Waals surface area contributed by atoms with E-state index in [9.17, 15) is 4.79 Å². The highest BCUT2D eigenvalue weighted by Crippen LogP contribution is 2.28. The molecule has 2 aliphatic rings. The van der Waals surface area contributed by atoms with E-state index in [4.69, 9.17) is 28.6 Å². The lowest BCUT2D eigenvalue weighted by Gasteiger charge is -2.40. The fourth-order valence-electron chi connectivity index (χ4n) is 3.85. The van der Waals surface area contributed by atoms with Gasteiger partial charge in [-0.3, -0.25) is 4.90 Å². The van der Waals surface area contributed by atoms with Crippen LogP contribution in [0.25, 0.3) is 0 Å². The van der Waals surface area contributed by atoms with E-state index in [-0.39, 0.29) is 18.2 Å². The Kier molecular flexibility index (Phi) is 6.82. The van der Waals surface area contributed by atoms with E-state index in [0.717, 1.165) is 48.1 Å². The summed E-state index contributed by atoms with van der Waals surface area (Å²) in [5.41, 5.74) is 1.03. The first-order chi connectivity index (χ1) is 13.0. The van der Waals surface area contributed by atoms with Crippen LogP contribution in [0.5, 0.6) is 0 Å². The van der Waals surface area contributed by atoms with Gasteiger partial charge in [0.15, 0.2) is 5.11 Å². The Morgan fingerprint density at radius 2 is 2.07 bits per heavy atom. The van der Waals surface area contributed by atoms with Crippen molar-refractivity contribution < 1.29 is 9.53 Å². The maximum Gasteiger partial charge on any atom is 0.410 e. The minimum absolute atomic E-state index is 0.154. The fourth-order valence-corrected chi connectivity index (χ4v) is 4.31. The maximum atomic E-state index is 12.3. The number of amides is 1. The first-order valence-corrected chi connectivity index (χ1v) is 10.5. The smallest absolute Gasteiger partial charge is 0.410 e. The number of thiocarbonyl (C=S) groups is 1. The van der Waals surface area contributed by atoms with Gasteiger partial charge in [0.25, 0.3) is 0 Å². The van der Waals surface area contributed by atoms with E-state index >= 15 is 0 Å². The van der Waals surface area contributed by atoms with Crippen LogP contribution >= 0.6 is 23.8 Å². The molecule has 2 atom stereocenters. The molecule has 2 fully saturated rings. The fraction of sp³-hybridized carbons (Fsp3) is 0.600. The summed E-state index contributed by atoms with van der Waals surface area (Å²) in [5, 5.41) is 4.80. The summed E-state index contributed by atoms with van der Waals surface area (Å²) < 4.78 is 5.35. The second kappa shape index (κ2) is 9.11. The number of likely N-dealkylation sites (tertiary alicyclic amines) is 1. The first-order valence-electron chi connectivity index (χ1n) is 9.72. The quantitative estimate of drug-likeness (QED) is 0.743. The number of piperidine rings is 1. The molecule has 0 aromatic heterocycles. The molecular weight excluding hydrogens is 382 g/mol. The molecule has 7 heteroatoms. The van der Waals surface area contributed by atoms with Crippen LogP contribution in [-0.2, 0) is 11.3 Å². The van der Waals surface area contributed by atoms with Crippen molar-refractivity contribution in [2.24, 2.45) is 5.92 Å². The Labute approximate surface area is 172 Å². The third-order valence-electron chi connectivity index (χ3n) is 5.78. The Bertz CT molecular complexity index is 679. The number of carbonyl (C=O) groups is 1. The molecule has 27 heavy (non-hydrogen) atoms. The Morgan fingerprint density at radius 1 is 1.37 bits per heavy atom. The van der Waals surface area contributed by atoms with Crippen LogP contribution in [0.3, 0.4) is 0 Å². The molecular formula is C20H28ClN3O2S. The average Bonchev–Trinajstić information content (AvgIpc) is 3.08. The van der Waals surface area contributed by atoms with E-state index in [1.54, 1.807) is 0 Å². The van der Waals surface area contributed by atoms with Gasteiger partial charge in [0.05, 0.1) is 6.04 Å². The highest BCUT2D eigenvalue weighted by atomic mass is 35.5. The molecule has 0 bridgehead atoms. The molecule has 1 aromatic rings. The number of rotatable bonds is 5. The van der Waals surface area contributed by atoms with Gasteiger partial charge in [0.1, 0.15) is 6.61 Å². The molecule has 0 saturated carbocycles. The summed E-state index contributed by atoms with van der Waals surface area (Å²) in [5.74, 6) is 0.452. The van der Waals surface area contributed by atoms with Crippen LogP contribution in [0.1, 0.15) is 38.7 Å². The number of nitrogens with zero attached hydrogens (tertiary/aromatic N) is 2.